The molecule has 2 aromatic heterocycles. The molecule has 0 unspecified atom stereocenters. The first-order valence-electron chi connectivity index (χ1n) is 12.3. The van der Waals surface area contributed by atoms with E-state index in [1.165, 1.54) is 7.11 Å². The highest BCUT2D eigenvalue weighted by atomic mass is 35.5. The number of anilines is 2. The number of sulfonamides is 1. The van der Waals surface area contributed by atoms with E-state index in [-0.39, 0.29) is 12.1 Å². The van der Waals surface area contributed by atoms with Gasteiger partial charge >= 0.3 is 0 Å². The first-order valence-corrected chi connectivity index (χ1v) is 15.3. The minimum absolute atomic E-state index is 0.295. The van der Waals surface area contributed by atoms with E-state index in [0.29, 0.717) is 32.3 Å². The number of nitrogens with one attached hydrogen (secondary N) is 2. The molecule has 208 valence electrons. The van der Waals surface area contributed by atoms with Gasteiger partial charge in [-0.15, -0.1) is 0 Å². The highest BCUT2D eigenvalue weighted by Gasteiger charge is 2.42. The van der Waals surface area contributed by atoms with Gasteiger partial charge in [0, 0.05) is 28.3 Å². The lowest BCUT2D eigenvalue weighted by Gasteiger charge is -2.29. The Bertz CT molecular complexity index is 1710. The van der Waals surface area contributed by atoms with E-state index in [1.54, 1.807) is 24.4 Å². The summed E-state index contributed by atoms with van der Waals surface area (Å²) >= 11 is 18.7. The van der Waals surface area contributed by atoms with E-state index in [0.717, 1.165) is 34.6 Å². The lowest BCUT2D eigenvalue weighted by molar-refractivity contribution is 0.417. The average molecular weight is 617 g/mol. The second-order valence-corrected chi connectivity index (χ2v) is 12.5. The van der Waals surface area contributed by atoms with Crippen LogP contribution in [0.2, 0.25) is 10.0 Å². The Hall–Kier alpha value is -3.31. The summed E-state index contributed by atoms with van der Waals surface area (Å²) in [7, 11) is -2.07. The quantitative estimate of drug-likeness (QED) is 0.234. The summed E-state index contributed by atoms with van der Waals surface area (Å²) in [6.07, 6.45) is 2.84. The molecule has 12 heteroatoms. The third-order valence-corrected chi connectivity index (χ3v) is 8.24. The smallest absolute Gasteiger partial charge is 0.229 e. The average Bonchev–Trinajstić information content (AvgIpc) is 3.39. The molecular weight excluding hydrogens is 589 g/mol. The van der Waals surface area contributed by atoms with Gasteiger partial charge in [-0.3, -0.25) is 9.71 Å². The van der Waals surface area contributed by atoms with Gasteiger partial charge in [0.05, 0.1) is 47.5 Å². The van der Waals surface area contributed by atoms with Crippen LogP contribution in [0.15, 0.2) is 66.9 Å². The number of rotatable bonds is 7. The Balaban J connectivity index is 1.69. The molecule has 40 heavy (non-hydrogen) atoms. The molecule has 8 nitrogen and oxygen atoms in total. The molecule has 0 saturated carbocycles. The SMILES string of the molecule is COc1ccc(N2C(=S)N[C@H](c3ccccn3)[C@@H]2c2cc(C)n(-c3ccc(Cl)cc3Cl)c2C)cc1NS(C)(=O)=O. The lowest BCUT2D eigenvalue weighted by atomic mass is 9.96. The van der Waals surface area contributed by atoms with Crippen molar-refractivity contribution in [2.75, 3.05) is 23.0 Å². The molecule has 1 saturated heterocycles. The maximum atomic E-state index is 12.1. The topological polar surface area (TPSA) is 88.5 Å². The van der Waals surface area contributed by atoms with Crippen molar-refractivity contribution in [2.24, 2.45) is 0 Å². The van der Waals surface area contributed by atoms with Crippen LogP contribution in [-0.4, -0.2) is 36.4 Å². The molecule has 1 aliphatic heterocycles. The van der Waals surface area contributed by atoms with Gasteiger partial charge in [0.1, 0.15) is 5.75 Å². The standard InChI is InChI=1S/C28H27Cl2N5O3S2/c1-16-13-20(17(2)34(16)24-10-8-18(29)14-21(24)30)27-26(22-7-5-6-12-31-22)32-28(39)35(27)19-9-11-25(38-3)23(15-19)33-40(4,36)37/h5-15,26-27,33H,1-4H3,(H,32,39)/t26-,27+/m1/s1. The minimum Gasteiger partial charge on any atom is -0.495 e. The van der Waals surface area contributed by atoms with Gasteiger partial charge in [-0.2, -0.15) is 0 Å². The van der Waals surface area contributed by atoms with Crippen molar-refractivity contribution < 1.29 is 13.2 Å². The summed E-state index contributed by atoms with van der Waals surface area (Å²) in [5, 5.41) is 5.02. The normalized spacial score (nSPS) is 17.1. The Morgan fingerprint density at radius 2 is 1.85 bits per heavy atom. The molecule has 1 fully saturated rings. The first kappa shape index (κ1) is 28.2. The minimum atomic E-state index is -3.56. The number of nitrogens with zero attached hydrogens (tertiary/aromatic N) is 3. The number of halogens is 2. The number of thiocarbonyl (C=S) groups is 1. The second kappa shape index (κ2) is 10.9. The third-order valence-electron chi connectivity index (χ3n) is 6.79. The number of benzene rings is 2. The largest absolute Gasteiger partial charge is 0.495 e. The van der Waals surface area contributed by atoms with Crippen molar-refractivity contribution in [1.29, 1.82) is 0 Å². The molecule has 5 rings (SSSR count). The zero-order valence-corrected chi connectivity index (χ0v) is 25.3. The fourth-order valence-corrected chi connectivity index (χ4v) is 6.59. The molecule has 0 radical (unpaired) electrons. The van der Waals surface area contributed by atoms with Crippen LogP contribution in [0.1, 0.15) is 34.7 Å². The molecule has 1 aliphatic rings. The molecule has 3 heterocycles. The van der Waals surface area contributed by atoms with Crippen molar-refractivity contribution in [3.05, 3.63) is 99.6 Å². The predicted molar refractivity (Wildman–Crippen MR) is 165 cm³/mol. The van der Waals surface area contributed by atoms with Gasteiger partial charge in [-0.1, -0.05) is 29.3 Å². The lowest BCUT2D eigenvalue weighted by Crippen LogP contribution is -2.29. The Kier molecular flexibility index (Phi) is 7.71. The first-order chi connectivity index (χ1) is 19.0. The summed E-state index contributed by atoms with van der Waals surface area (Å²) in [5.41, 5.74) is 5.56. The second-order valence-electron chi connectivity index (χ2n) is 9.51. The number of hydrogen-bond acceptors (Lipinski definition) is 5. The number of ether oxygens (including phenoxy) is 1. The molecule has 0 aliphatic carbocycles. The predicted octanol–water partition coefficient (Wildman–Crippen LogP) is 6.35. The van der Waals surface area contributed by atoms with Crippen LogP contribution in [0.4, 0.5) is 11.4 Å². The van der Waals surface area contributed by atoms with E-state index in [2.05, 4.69) is 25.7 Å². The van der Waals surface area contributed by atoms with E-state index < -0.39 is 10.0 Å². The zero-order chi connectivity index (χ0) is 28.8. The van der Waals surface area contributed by atoms with Crippen molar-refractivity contribution in [3.63, 3.8) is 0 Å². The van der Waals surface area contributed by atoms with Crippen molar-refractivity contribution in [2.45, 2.75) is 25.9 Å². The van der Waals surface area contributed by atoms with E-state index in [9.17, 15) is 8.42 Å². The number of methoxy groups -OCH3 is 1. The number of aryl methyl sites for hydroxylation is 1. The van der Waals surface area contributed by atoms with Gasteiger partial charge < -0.3 is 19.5 Å². The van der Waals surface area contributed by atoms with Crippen molar-refractivity contribution in [1.82, 2.24) is 14.9 Å². The number of pyridine rings is 1. The van der Waals surface area contributed by atoms with Crippen LogP contribution in [-0.2, 0) is 10.0 Å². The van der Waals surface area contributed by atoms with E-state index >= 15 is 0 Å². The molecule has 0 amide bonds. The van der Waals surface area contributed by atoms with Crippen LogP contribution in [0.3, 0.4) is 0 Å². The van der Waals surface area contributed by atoms with Crippen LogP contribution < -0.4 is 19.7 Å². The highest BCUT2D eigenvalue weighted by molar-refractivity contribution is 7.92. The molecule has 0 bridgehead atoms. The van der Waals surface area contributed by atoms with Gasteiger partial charge in [0.2, 0.25) is 10.0 Å². The summed E-state index contributed by atoms with van der Waals surface area (Å²) < 4.78 is 34.3. The van der Waals surface area contributed by atoms with Gasteiger partial charge in [0.15, 0.2) is 5.11 Å². The van der Waals surface area contributed by atoms with Gasteiger partial charge in [-0.25, -0.2) is 8.42 Å². The van der Waals surface area contributed by atoms with Crippen molar-refractivity contribution >= 4 is 61.9 Å². The van der Waals surface area contributed by atoms with Gasteiger partial charge in [0.25, 0.3) is 0 Å². The van der Waals surface area contributed by atoms with E-state index in [1.807, 2.05) is 55.1 Å². The maximum absolute atomic E-state index is 12.1. The zero-order valence-electron chi connectivity index (χ0n) is 22.1. The monoisotopic (exact) mass is 615 g/mol. The Morgan fingerprint density at radius 3 is 2.50 bits per heavy atom. The van der Waals surface area contributed by atoms with Gasteiger partial charge in [-0.05, 0) is 86.2 Å². The van der Waals surface area contributed by atoms with Crippen LogP contribution in [0.5, 0.6) is 5.75 Å². The number of aromatic nitrogens is 2. The summed E-state index contributed by atoms with van der Waals surface area (Å²) in [6.45, 7) is 4.05. The Labute approximate surface area is 248 Å². The third kappa shape index (κ3) is 5.36. The summed E-state index contributed by atoms with van der Waals surface area (Å²) in [6, 6.07) is 18.0. The molecule has 2 atom stereocenters. The van der Waals surface area contributed by atoms with Crippen LogP contribution in [0, 0.1) is 13.8 Å². The summed E-state index contributed by atoms with van der Waals surface area (Å²) in [5.74, 6) is 0.389. The maximum Gasteiger partial charge on any atom is 0.229 e. The van der Waals surface area contributed by atoms with Crippen LogP contribution in [0.25, 0.3) is 5.69 Å². The molecule has 4 aromatic rings. The fraction of sp³-hybridized carbons (Fsp3) is 0.214. The van der Waals surface area contributed by atoms with E-state index in [4.69, 9.17) is 40.2 Å². The molecule has 2 aromatic carbocycles. The van der Waals surface area contributed by atoms with Crippen molar-refractivity contribution in [3.8, 4) is 11.4 Å². The highest BCUT2D eigenvalue weighted by Crippen LogP contribution is 2.45. The summed E-state index contributed by atoms with van der Waals surface area (Å²) in [4.78, 5) is 6.61. The molecular formula is C28H27Cl2N5O3S2. The molecule has 2 N–H and O–H groups in total. The molecule has 0 spiro atoms. The van der Waals surface area contributed by atoms with Crippen LogP contribution >= 0.6 is 35.4 Å². The fourth-order valence-electron chi connectivity index (χ4n) is 5.19. The number of hydrogen-bond donors (Lipinski definition) is 2. The Morgan fingerprint density at radius 1 is 1.07 bits per heavy atom.